The third-order valence-corrected chi connectivity index (χ3v) is 11.9. The Balaban J connectivity index is 0.00000306. The molecule has 170 valence electrons. The predicted molar refractivity (Wildman–Crippen MR) is 147 cm³/mol. The van der Waals surface area contributed by atoms with Crippen LogP contribution in [-0.2, 0) is 20.4 Å². The molecule has 0 radical (unpaired) electrons. The van der Waals surface area contributed by atoms with Crippen LogP contribution in [0.2, 0.25) is 0 Å². The molecule has 0 aliphatic carbocycles. The summed E-state index contributed by atoms with van der Waals surface area (Å²) >= 11 is 14.3. The topological polar surface area (TPSA) is 0 Å². The molecule has 0 aliphatic heterocycles. The van der Waals surface area contributed by atoms with Crippen molar-refractivity contribution in [3.63, 3.8) is 0 Å². The Hall–Kier alpha value is -1.02. The van der Waals surface area contributed by atoms with Crippen molar-refractivity contribution >= 4 is 60.3 Å². The molecular weight excluding hydrogens is 576 g/mol. The molecule has 0 N–H and O–H groups in total. The summed E-state index contributed by atoms with van der Waals surface area (Å²) in [5.41, 5.74) is 0. The van der Waals surface area contributed by atoms with E-state index in [1.807, 2.05) is 12.1 Å². The van der Waals surface area contributed by atoms with Crippen molar-refractivity contribution in [1.82, 2.24) is 0 Å². The van der Waals surface area contributed by atoms with E-state index in [-0.39, 0.29) is 20.4 Å². The van der Waals surface area contributed by atoms with Crippen molar-refractivity contribution in [2.75, 3.05) is 6.16 Å². The molecule has 4 rings (SSSR count). The second-order valence-corrected chi connectivity index (χ2v) is 14.4. The first-order chi connectivity index (χ1) is 15.6. The minimum atomic E-state index is -0.895. The molecular formula is C28H26Cl2P2Pd+2. The molecule has 33 heavy (non-hydrogen) atoms. The molecule has 0 amide bonds. The Bertz CT molecular complexity index is 999. The molecule has 0 atom stereocenters. The van der Waals surface area contributed by atoms with Gasteiger partial charge in [0.05, 0.1) is 0 Å². The molecule has 4 aromatic rings. The van der Waals surface area contributed by atoms with Crippen LogP contribution in [0.1, 0.15) is 12.8 Å². The van der Waals surface area contributed by atoms with Crippen molar-refractivity contribution in [1.29, 1.82) is 0 Å². The van der Waals surface area contributed by atoms with E-state index in [4.69, 9.17) is 23.2 Å². The molecule has 5 heteroatoms. The van der Waals surface area contributed by atoms with Crippen LogP contribution in [0, 0.1) is 0 Å². The quantitative estimate of drug-likeness (QED) is 0.109. The number of hydrogen-bond donors (Lipinski definition) is 0. The molecule has 0 aromatic heterocycles. The monoisotopic (exact) mass is 600 g/mol. The Morgan fingerprint density at radius 2 is 0.848 bits per heavy atom. The standard InChI is InChI=1S/C28H26Cl2P2.Pd/c29-28(30,32(26-18-9-3-10-19-26)27-20-11-4-12-21-27)22-13-23-31(24-14-5-1-6-15-24)25-16-7-2-8-17-25;/h1-12,14-21H,13,22-23H2;/q;+2. The number of alkyl halides is 2. The zero-order chi connectivity index (χ0) is 22.2. The van der Waals surface area contributed by atoms with Gasteiger partial charge in [-0.1, -0.05) is 145 Å². The molecule has 4 aromatic carbocycles. The molecule has 0 bridgehead atoms. The Kier molecular flexibility index (Phi) is 10.6. The normalized spacial score (nSPS) is 11.4. The first kappa shape index (κ1) is 26.6. The summed E-state index contributed by atoms with van der Waals surface area (Å²) in [4.78, 5) is 0. The van der Waals surface area contributed by atoms with Crippen LogP contribution in [0.4, 0.5) is 0 Å². The van der Waals surface area contributed by atoms with Gasteiger partial charge in [0.1, 0.15) is 4.07 Å². The van der Waals surface area contributed by atoms with Gasteiger partial charge in [0.2, 0.25) is 0 Å². The van der Waals surface area contributed by atoms with E-state index in [0.29, 0.717) is 0 Å². The maximum absolute atomic E-state index is 7.15. The van der Waals surface area contributed by atoms with Gasteiger partial charge in [-0.2, -0.15) is 0 Å². The molecule has 0 heterocycles. The first-order valence-corrected chi connectivity index (χ1v) is 14.4. The van der Waals surface area contributed by atoms with Gasteiger partial charge in [-0.25, -0.2) is 0 Å². The van der Waals surface area contributed by atoms with Crippen LogP contribution < -0.4 is 21.2 Å². The second kappa shape index (κ2) is 13.2. The van der Waals surface area contributed by atoms with Gasteiger partial charge in [-0.3, -0.25) is 0 Å². The average molecular weight is 602 g/mol. The van der Waals surface area contributed by atoms with E-state index in [0.717, 1.165) is 19.0 Å². The van der Waals surface area contributed by atoms with Gasteiger partial charge in [0.15, 0.2) is 0 Å². The summed E-state index contributed by atoms with van der Waals surface area (Å²) in [5, 5.41) is 5.23. The largest absolute Gasteiger partial charge is 2.00 e. The van der Waals surface area contributed by atoms with Crippen LogP contribution in [0.15, 0.2) is 121 Å². The first-order valence-electron chi connectivity index (χ1n) is 10.8. The van der Waals surface area contributed by atoms with Crippen LogP contribution in [0.5, 0.6) is 0 Å². The molecule has 0 unspecified atom stereocenters. The van der Waals surface area contributed by atoms with Gasteiger partial charge in [0, 0.05) is 0 Å². The summed E-state index contributed by atoms with van der Waals surface area (Å²) < 4.78 is -0.827. The Morgan fingerprint density at radius 3 is 1.21 bits per heavy atom. The van der Waals surface area contributed by atoms with Crippen LogP contribution in [0.3, 0.4) is 0 Å². The SMILES string of the molecule is ClC(Cl)(CCCP(c1ccccc1)c1ccccc1)P(c1ccccc1)c1ccccc1.[Pd+2]. The number of rotatable bonds is 9. The molecule has 0 fully saturated rings. The smallest absolute Gasteiger partial charge is 0.0958 e. The minimum absolute atomic E-state index is 0. The van der Waals surface area contributed by atoms with Crippen LogP contribution in [0.25, 0.3) is 0 Å². The van der Waals surface area contributed by atoms with E-state index >= 15 is 0 Å². The zero-order valence-electron chi connectivity index (χ0n) is 18.1. The van der Waals surface area contributed by atoms with Gasteiger partial charge in [-0.05, 0) is 56.1 Å². The van der Waals surface area contributed by atoms with E-state index in [1.165, 1.54) is 21.2 Å². The van der Waals surface area contributed by atoms with E-state index in [1.54, 1.807) is 0 Å². The molecule has 0 saturated heterocycles. The molecule has 0 aliphatic rings. The number of benzene rings is 4. The van der Waals surface area contributed by atoms with E-state index in [2.05, 4.69) is 109 Å². The summed E-state index contributed by atoms with van der Waals surface area (Å²) in [7, 11) is -1.34. The Morgan fingerprint density at radius 1 is 0.515 bits per heavy atom. The fraction of sp³-hybridized carbons (Fsp3) is 0.143. The second-order valence-electron chi connectivity index (χ2n) is 7.60. The van der Waals surface area contributed by atoms with E-state index < -0.39 is 19.9 Å². The zero-order valence-corrected chi connectivity index (χ0v) is 23.0. The molecule has 0 spiro atoms. The summed E-state index contributed by atoms with van der Waals surface area (Å²) in [6.45, 7) is 0. The Labute approximate surface area is 223 Å². The van der Waals surface area contributed by atoms with Gasteiger partial charge < -0.3 is 0 Å². The minimum Gasteiger partial charge on any atom is -0.0958 e. The summed E-state index contributed by atoms with van der Waals surface area (Å²) in [6, 6.07) is 42.6. The maximum atomic E-state index is 7.15. The van der Waals surface area contributed by atoms with Crippen molar-refractivity contribution in [2.45, 2.75) is 16.9 Å². The predicted octanol–water partition coefficient (Wildman–Crippen LogP) is 7.16. The van der Waals surface area contributed by atoms with Gasteiger partial charge in [0.25, 0.3) is 0 Å². The van der Waals surface area contributed by atoms with Crippen molar-refractivity contribution in [2.24, 2.45) is 0 Å². The summed E-state index contributed by atoms with van der Waals surface area (Å²) in [6.07, 6.45) is 2.79. The van der Waals surface area contributed by atoms with Crippen molar-refractivity contribution in [3.05, 3.63) is 121 Å². The third kappa shape index (κ3) is 7.23. The maximum Gasteiger partial charge on any atom is 2.00 e. The fourth-order valence-corrected chi connectivity index (χ4v) is 10.0. The van der Waals surface area contributed by atoms with Crippen LogP contribution >= 0.6 is 39.0 Å². The summed E-state index contributed by atoms with van der Waals surface area (Å²) in [5.74, 6) is 0. The third-order valence-electron chi connectivity index (χ3n) is 5.35. The van der Waals surface area contributed by atoms with Gasteiger partial charge >= 0.3 is 20.4 Å². The molecule has 0 nitrogen and oxygen atoms in total. The number of halogens is 2. The van der Waals surface area contributed by atoms with E-state index in [9.17, 15) is 0 Å². The average Bonchev–Trinajstić information content (AvgIpc) is 2.84. The van der Waals surface area contributed by atoms with Crippen molar-refractivity contribution in [3.8, 4) is 0 Å². The fourth-order valence-electron chi connectivity index (χ4n) is 3.87. The number of hydrogen-bond acceptors (Lipinski definition) is 0. The van der Waals surface area contributed by atoms with Gasteiger partial charge in [-0.15, -0.1) is 0 Å². The molecule has 0 saturated carbocycles. The van der Waals surface area contributed by atoms with Crippen molar-refractivity contribution < 1.29 is 20.4 Å². The van der Waals surface area contributed by atoms with Crippen LogP contribution in [-0.4, -0.2) is 10.2 Å².